The van der Waals surface area contributed by atoms with Crippen LogP contribution in [0.3, 0.4) is 0 Å². The highest BCUT2D eigenvalue weighted by Gasteiger charge is 2.38. The molecule has 0 radical (unpaired) electrons. The predicted molar refractivity (Wildman–Crippen MR) is 79.5 cm³/mol. The van der Waals surface area contributed by atoms with Gasteiger partial charge in [-0.15, -0.1) is 0 Å². The van der Waals surface area contributed by atoms with E-state index in [4.69, 9.17) is 16.2 Å². The minimum atomic E-state index is -0.921. The van der Waals surface area contributed by atoms with Crippen molar-refractivity contribution in [3.8, 4) is 5.75 Å². The van der Waals surface area contributed by atoms with Gasteiger partial charge in [0.25, 0.3) is 0 Å². The molecule has 2 unspecified atom stereocenters. The summed E-state index contributed by atoms with van der Waals surface area (Å²) in [7, 11) is 0. The second kappa shape index (κ2) is 5.83. The van der Waals surface area contributed by atoms with Crippen molar-refractivity contribution in [2.24, 2.45) is 11.5 Å². The zero-order chi connectivity index (χ0) is 14.8. The lowest BCUT2D eigenvalue weighted by molar-refractivity contribution is -0.125. The lowest BCUT2D eigenvalue weighted by atomic mass is 9.80. The smallest absolute Gasteiger partial charge is 0.237 e. The molecule has 1 aliphatic rings. The molecule has 0 bridgehead atoms. The van der Waals surface area contributed by atoms with E-state index in [9.17, 15) is 4.79 Å². The van der Waals surface area contributed by atoms with Crippen molar-refractivity contribution < 1.29 is 9.53 Å². The molecule has 1 amide bonds. The van der Waals surface area contributed by atoms with Crippen molar-refractivity contribution in [3.63, 3.8) is 0 Å². The summed E-state index contributed by atoms with van der Waals surface area (Å²) in [5.41, 5.74) is 11.8. The van der Waals surface area contributed by atoms with E-state index in [0.717, 1.165) is 18.6 Å². The van der Waals surface area contributed by atoms with Crippen molar-refractivity contribution in [3.05, 3.63) is 29.8 Å². The summed E-state index contributed by atoms with van der Waals surface area (Å²) in [5, 5.41) is 0. The second-order valence-electron chi connectivity index (χ2n) is 6.05. The van der Waals surface area contributed by atoms with Crippen LogP contribution in [-0.4, -0.2) is 17.6 Å². The molecule has 4 heteroatoms. The van der Waals surface area contributed by atoms with Crippen molar-refractivity contribution in [1.82, 2.24) is 0 Å². The molecule has 110 valence electrons. The molecule has 2 rings (SSSR count). The normalized spacial score (nSPS) is 26.5. The fourth-order valence-corrected chi connectivity index (χ4v) is 2.82. The monoisotopic (exact) mass is 276 g/mol. The fourth-order valence-electron chi connectivity index (χ4n) is 2.82. The highest BCUT2D eigenvalue weighted by Crippen LogP contribution is 2.32. The van der Waals surface area contributed by atoms with Crippen LogP contribution in [0.4, 0.5) is 0 Å². The van der Waals surface area contributed by atoms with Gasteiger partial charge in [0.05, 0.1) is 5.54 Å². The van der Waals surface area contributed by atoms with E-state index < -0.39 is 11.4 Å². The second-order valence-corrected chi connectivity index (χ2v) is 6.05. The van der Waals surface area contributed by atoms with Crippen molar-refractivity contribution in [1.29, 1.82) is 0 Å². The zero-order valence-corrected chi connectivity index (χ0v) is 12.3. The van der Waals surface area contributed by atoms with Crippen LogP contribution < -0.4 is 16.2 Å². The summed E-state index contributed by atoms with van der Waals surface area (Å²) in [6, 6.07) is 8.03. The van der Waals surface area contributed by atoms with E-state index in [1.807, 2.05) is 18.2 Å². The highest BCUT2D eigenvalue weighted by atomic mass is 16.5. The largest absolute Gasteiger partial charge is 0.490 e. The fraction of sp³-hybridized carbons (Fsp3) is 0.562. The third-order valence-electron chi connectivity index (χ3n) is 4.07. The van der Waals surface area contributed by atoms with Gasteiger partial charge in [-0.3, -0.25) is 4.79 Å². The Labute approximate surface area is 120 Å². The van der Waals surface area contributed by atoms with E-state index in [2.05, 4.69) is 19.9 Å². The lowest BCUT2D eigenvalue weighted by Crippen LogP contribution is -2.56. The Morgan fingerprint density at radius 3 is 2.75 bits per heavy atom. The summed E-state index contributed by atoms with van der Waals surface area (Å²) in [6.07, 6.45) is 2.89. The van der Waals surface area contributed by atoms with Gasteiger partial charge in [-0.2, -0.15) is 0 Å². The van der Waals surface area contributed by atoms with Crippen molar-refractivity contribution in [2.75, 3.05) is 0 Å². The molecular formula is C16H24N2O2. The van der Waals surface area contributed by atoms with Gasteiger partial charge < -0.3 is 16.2 Å². The predicted octanol–water partition coefficient (Wildman–Crippen LogP) is 2.31. The molecule has 1 aliphatic carbocycles. The maximum absolute atomic E-state index is 11.5. The van der Waals surface area contributed by atoms with Gasteiger partial charge in [-0.1, -0.05) is 32.0 Å². The van der Waals surface area contributed by atoms with Gasteiger partial charge in [0, 0.05) is 6.42 Å². The Balaban J connectivity index is 2.12. The number of rotatable bonds is 4. The molecule has 0 aromatic heterocycles. The molecular weight excluding hydrogens is 252 g/mol. The number of ether oxygens (including phenoxy) is 1. The summed E-state index contributed by atoms with van der Waals surface area (Å²) in [4.78, 5) is 11.5. The van der Waals surface area contributed by atoms with Crippen molar-refractivity contribution >= 4 is 5.91 Å². The Morgan fingerprint density at radius 2 is 2.10 bits per heavy atom. The van der Waals surface area contributed by atoms with Crippen LogP contribution in [0.5, 0.6) is 5.75 Å². The quantitative estimate of drug-likeness (QED) is 0.885. The molecule has 0 heterocycles. The van der Waals surface area contributed by atoms with Gasteiger partial charge in [-0.05, 0) is 36.8 Å². The summed E-state index contributed by atoms with van der Waals surface area (Å²) in [6.45, 7) is 4.28. The van der Waals surface area contributed by atoms with Crippen LogP contribution in [0.15, 0.2) is 24.3 Å². The number of amides is 1. The maximum Gasteiger partial charge on any atom is 0.237 e. The molecule has 1 saturated carbocycles. The van der Waals surface area contributed by atoms with Crippen LogP contribution in [-0.2, 0) is 4.79 Å². The first-order valence-electron chi connectivity index (χ1n) is 7.27. The van der Waals surface area contributed by atoms with E-state index in [1.165, 1.54) is 5.56 Å². The number of nitrogens with two attached hydrogens (primary N) is 2. The van der Waals surface area contributed by atoms with E-state index in [-0.39, 0.29) is 6.10 Å². The average Bonchev–Trinajstić information content (AvgIpc) is 2.39. The summed E-state index contributed by atoms with van der Waals surface area (Å²) < 4.78 is 6.11. The van der Waals surface area contributed by atoms with Gasteiger partial charge >= 0.3 is 0 Å². The molecule has 1 aromatic carbocycles. The minimum absolute atomic E-state index is 0.0406. The molecule has 0 aliphatic heterocycles. The third kappa shape index (κ3) is 3.12. The number of primary amides is 1. The van der Waals surface area contributed by atoms with Crippen LogP contribution >= 0.6 is 0 Å². The SMILES string of the molecule is CC(C)c1ccccc1OC1CCCC(N)(C(N)=O)C1. The Kier molecular flexibility index (Phi) is 4.33. The number of hydrogen-bond donors (Lipinski definition) is 2. The molecule has 4 nitrogen and oxygen atoms in total. The van der Waals surface area contributed by atoms with Crippen LogP contribution in [0.1, 0.15) is 51.0 Å². The number of para-hydroxylation sites is 1. The Morgan fingerprint density at radius 1 is 1.40 bits per heavy atom. The molecule has 20 heavy (non-hydrogen) atoms. The number of hydrogen-bond acceptors (Lipinski definition) is 3. The Hall–Kier alpha value is -1.55. The molecule has 0 saturated heterocycles. The topological polar surface area (TPSA) is 78.3 Å². The first-order valence-corrected chi connectivity index (χ1v) is 7.27. The van der Waals surface area contributed by atoms with E-state index in [0.29, 0.717) is 18.8 Å². The molecule has 1 fully saturated rings. The van der Waals surface area contributed by atoms with Gasteiger partial charge in [0.2, 0.25) is 5.91 Å². The Bertz CT molecular complexity index is 487. The molecule has 1 aromatic rings. The minimum Gasteiger partial charge on any atom is -0.490 e. The molecule has 4 N–H and O–H groups in total. The molecule has 2 atom stereocenters. The molecule has 0 spiro atoms. The van der Waals surface area contributed by atoms with Gasteiger partial charge in [0.1, 0.15) is 11.9 Å². The third-order valence-corrected chi connectivity index (χ3v) is 4.07. The number of carbonyl (C=O) groups excluding carboxylic acids is 1. The van der Waals surface area contributed by atoms with Crippen molar-refractivity contribution in [2.45, 2.75) is 57.1 Å². The number of carbonyl (C=O) groups is 1. The zero-order valence-electron chi connectivity index (χ0n) is 12.3. The van der Waals surface area contributed by atoms with Crippen LogP contribution in [0.25, 0.3) is 0 Å². The van der Waals surface area contributed by atoms with E-state index >= 15 is 0 Å². The van der Waals surface area contributed by atoms with Gasteiger partial charge in [0.15, 0.2) is 0 Å². The van der Waals surface area contributed by atoms with Crippen LogP contribution in [0.2, 0.25) is 0 Å². The standard InChI is InChI=1S/C16H24N2O2/c1-11(2)13-7-3-4-8-14(13)20-12-6-5-9-16(18,10-12)15(17)19/h3-4,7-8,11-12H,5-6,9-10,18H2,1-2H3,(H2,17,19). The summed E-state index contributed by atoms with van der Waals surface area (Å²) in [5.74, 6) is 0.859. The van der Waals surface area contributed by atoms with Gasteiger partial charge in [-0.25, -0.2) is 0 Å². The lowest BCUT2D eigenvalue weighted by Gasteiger charge is -2.35. The first-order chi connectivity index (χ1) is 9.42. The van der Waals surface area contributed by atoms with Crippen LogP contribution in [0, 0.1) is 0 Å². The maximum atomic E-state index is 11.5. The highest BCUT2D eigenvalue weighted by molar-refractivity contribution is 5.84. The first kappa shape index (κ1) is 14.9. The van der Waals surface area contributed by atoms with E-state index in [1.54, 1.807) is 0 Å². The number of benzene rings is 1. The summed E-state index contributed by atoms with van der Waals surface area (Å²) >= 11 is 0. The average molecular weight is 276 g/mol.